The molecule has 3 aromatic rings. The van der Waals surface area contributed by atoms with E-state index in [1.807, 2.05) is 83.5 Å². The topological polar surface area (TPSA) is 47.4 Å². The van der Waals surface area contributed by atoms with Gasteiger partial charge in [0.25, 0.3) is 0 Å². The first-order valence-corrected chi connectivity index (χ1v) is 9.07. The summed E-state index contributed by atoms with van der Waals surface area (Å²) in [5, 5.41) is 0. The number of carbonyl (C=O) groups excluding carboxylic acids is 1. The van der Waals surface area contributed by atoms with E-state index in [9.17, 15) is 4.79 Å². The number of nitrogens with zero attached hydrogens (tertiary/aromatic N) is 3. The molecule has 1 atom stereocenters. The molecular formula is C23H23N3O2. The molecule has 0 saturated carbocycles. The van der Waals surface area contributed by atoms with Crippen LogP contribution in [0.1, 0.15) is 17.2 Å². The first-order valence-electron chi connectivity index (χ1n) is 9.07. The minimum atomic E-state index is -0.371. The number of benzene rings is 1. The summed E-state index contributed by atoms with van der Waals surface area (Å²) in [4.78, 5) is 18.4. The molecule has 2 aromatic heterocycles. The molecule has 0 radical (unpaired) electrons. The highest BCUT2D eigenvalue weighted by molar-refractivity contribution is 5.74. The van der Waals surface area contributed by atoms with Gasteiger partial charge in [-0.2, -0.15) is 0 Å². The highest BCUT2D eigenvalue weighted by atomic mass is 16.5. The first kappa shape index (κ1) is 19.2. The number of esters is 1. The van der Waals surface area contributed by atoms with Crippen LogP contribution in [0.5, 0.6) is 0 Å². The summed E-state index contributed by atoms with van der Waals surface area (Å²) in [5.74, 6) is 6.98. The number of methoxy groups -OCH3 is 1. The van der Waals surface area contributed by atoms with Gasteiger partial charge in [0.15, 0.2) is 0 Å². The Labute approximate surface area is 165 Å². The molecule has 0 N–H and O–H groups in total. The van der Waals surface area contributed by atoms with Gasteiger partial charge in [-0.1, -0.05) is 30.0 Å². The molecule has 5 nitrogen and oxygen atoms in total. The van der Waals surface area contributed by atoms with Crippen molar-refractivity contribution in [2.75, 3.05) is 25.6 Å². The number of rotatable bonds is 6. The van der Waals surface area contributed by atoms with Crippen LogP contribution in [0.2, 0.25) is 0 Å². The third-order valence-electron chi connectivity index (χ3n) is 4.43. The van der Waals surface area contributed by atoms with Crippen LogP contribution in [-0.4, -0.2) is 36.2 Å². The van der Waals surface area contributed by atoms with Gasteiger partial charge >= 0.3 is 5.97 Å². The number of hydrogen-bond donors (Lipinski definition) is 0. The van der Waals surface area contributed by atoms with Crippen LogP contribution in [0.15, 0.2) is 73.2 Å². The molecule has 1 aromatic carbocycles. The molecule has 28 heavy (non-hydrogen) atoms. The number of anilines is 1. The van der Waals surface area contributed by atoms with E-state index >= 15 is 0 Å². The summed E-state index contributed by atoms with van der Waals surface area (Å²) in [6.45, 7) is 0.594. The molecule has 142 valence electrons. The van der Waals surface area contributed by atoms with E-state index in [-0.39, 0.29) is 12.0 Å². The molecule has 0 aliphatic heterocycles. The number of hydrogen-bond acceptors (Lipinski definition) is 4. The third kappa shape index (κ3) is 5.01. The highest BCUT2D eigenvalue weighted by Gasteiger charge is 2.20. The quantitative estimate of drug-likeness (QED) is 0.491. The lowest BCUT2D eigenvalue weighted by Crippen LogP contribution is -2.22. The standard InChI is InChI=1S/C23H23N3O2/c1-25(22-9-3-4-14-24-22)15-7-8-19-10-12-20(13-11-19)18-21(23(27)28-2)26-16-5-6-17-26/h3-6,9-14,16-17,21H,15,18H2,1-2H3. The second-order valence-corrected chi connectivity index (χ2v) is 6.42. The van der Waals surface area contributed by atoms with Crippen LogP contribution in [0.25, 0.3) is 0 Å². The molecular weight excluding hydrogens is 350 g/mol. The van der Waals surface area contributed by atoms with Gasteiger partial charge in [0.2, 0.25) is 0 Å². The van der Waals surface area contributed by atoms with E-state index in [0.717, 1.165) is 16.9 Å². The molecule has 0 bridgehead atoms. The van der Waals surface area contributed by atoms with Crippen molar-refractivity contribution in [2.45, 2.75) is 12.5 Å². The van der Waals surface area contributed by atoms with E-state index in [1.165, 1.54) is 7.11 Å². The fourth-order valence-electron chi connectivity index (χ4n) is 2.87. The third-order valence-corrected chi connectivity index (χ3v) is 4.43. The van der Waals surface area contributed by atoms with Crippen LogP contribution in [-0.2, 0) is 16.0 Å². The maximum Gasteiger partial charge on any atom is 0.329 e. The lowest BCUT2D eigenvalue weighted by molar-refractivity contribution is -0.144. The van der Waals surface area contributed by atoms with E-state index in [4.69, 9.17) is 4.74 Å². The second-order valence-electron chi connectivity index (χ2n) is 6.42. The largest absolute Gasteiger partial charge is 0.467 e. The van der Waals surface area contributed by atoms with Crippen molar-refractivity contribution in [1.82, 2.24) is 9.55 Å². The highest BCUT2D eigenvalue weighted by Crippen LogP contribution is 2.17. The van der Waals surface area contributed by atoms with Crippen LogP contribution >= 0.6 is 0 Å². The van der Waals surface area contributed by atoms with Crippen molar-refractivity contribution in [1.29, 1.82) is 0 Å². The fraction of sp³-hybridized carbons (Fsp3) is 0.217. The molecule has 1 unspecified atom stereocenters. The van der Waals surface area contributed by atoms with Gasteiger partial charge in [-0.25, -0.2) is 9.78 Å². The fourth-order valence-corrected chi connectivity index (χ4v) is 2.87. The zero-order valence-electron chi connectivity index (χ0n) is 16.1. The molecule has 5 heteroatoms. The van der Waals surface area contributed by atoms with Crippen molar-refractivity contribution in [3.8, 4) is 11.8 Å². The Hall–Kier alpha value is -3.52. The summed E-state index contributed by atoms with van der Waals surface area (Å²) in [5.41, 5.74) is 1.99. The Morgan fingerprint density at radius 2 is 1.89 bits per heavy atom. The Morgan fingerprint density at radius 3 is 2.54 bits per heavy atom. The molecule has 0 spiro atoms. The minimum Gasteiger partial charge on any atom is -0.467 e. The van der Waals surface area contributed by atoms with Gasteiger partial charge in [-0.15, -0.1) is 0 Å². The van der Waals surface area contributed by atoms with E-state index in [0.29, 0.717) is 13.0 Å². The number of carbonyl (C=O) groups is 1. The monoisotopic (exact) mass is 373 g/mol. The number of ether oxygens (including phenoxy) is 1. The molecule has 0 aliphatic carbocycles. The summed E-state index contributed by atoms with van der Waals surface area (Å²) in [6.07, 6.45) is 6.09. The average Bonchev–Trinajstić information content (AvgIpc) is 3.27. The summed E-state index contributed by atoms with van der Waals surface area (Å²) in [7, 11) is 3.38. The number of pyridine rings is 1. The van der Waals surface area contributed by atoms with Gasteiger partial charge in [0.05, 0.1) is 13.7 Å². The smallest absolute Gasteiger partial charge is 0.329 e. The molecule has 0 fully saturated rings. The Bertz CT molecular complexity index is 939. The van der Waals surface area contributed by atoms with Crippen LogP contribution in [0.4, 0.5) is 5.82 Å². The summed E-state index contributed by atoms with van der Waals surface area (Å²) < 4.78 is 6.82. The Morgan fingerprint density at radius 1 is 1.14 bits per heavy atom. The van der Waals surface area contributed by atoms with Gasteiger partial charge < -0.3 is 14.2 Å². The van der Waals surface area contributed by atoms with Crippen molar-refractivity contribution < 1.29 is 9.53 Å². The van der Waals surface area contributed by atoms with Crippen LogP contribution in [0.3, 0.4) is 0 Å². The molecule has 0 saturated heterocycles. The van der Waals surface area contributed by atoms with E-state index in [2.05, 4.69) is 16.8 Å². The predicted octanol–water partition coefficient (Wildman–Crippen LogP) is 3.33. The predicted molar refractivity (Wildman–Crippen MR) is 110 cm³/mol. The van der Waals surface area contributed by atoms with Crippen molar-refractivity contribution >= 4 is 11.8 Å². The lowest BCUT2D eigenvalue weighted by atomic mass is 10.0. The summed E-state index contributed by atoms with van der Waals surface area (Å²) >= 11 is 0. The van der Waals surface area contributed by atoms with E-state index < -0.39 is 0 Å². The SMILES string of the molecule is COC(=O)C(Cc1ccc(C#CCN(C)c2ccccn2)cc1)n1cccc1. The number of aromatic nitrogens is 2. The lowest BCUT2D eigenvalue weighted by Gasteiger charge is -2.16. The Kier molecular flexibility index (Phi) is 6.48. The maximum atomic E-state index is 12.1. The zero-order chi connectivity index (χ0) is 19.8. The molecule has 0 aliphatic rings. The normalized spacial score (nSPS) is 11.2. The van der Waals surface area contributed by atoms with E-state index in [1.54, 1.807) is 6.20 Å². The van der Waals surface area contributed by atoms with Gasteiger partial charge in [-0.05, 0) is 42.0 Å². The van der Waals surface area contributed by atoms with Gasteiger partial charge in [0.1, 0.15) is 11.9 Å². The van der Waals surface area contributed by atoms with Crippen molar-refractivity contribution in [2.24, 2.45) is 0 Å². The van der Waals surface area contributed by atoms with Crippen LogP contribution in [0, 0.1) is 11.8 Å². The minimum absolute atomic E-state index is 0.252. The summed E-state index contributed by atoms with van der Waals surface area (Å²) in [6, 6.07) is 17.2. The molecule has 0 amide bonds. The molecule has 3 rings (SSSR count). The Balaban J connectivity index is 1.63. The first-order chi connectivity index (χ1) is 13.7. The van der Waals surface area contributed by atoms with Crippen molar-refractivity contribution in [3.05, 3.63) is 84.3 Å². The van der Waals surface area contributed by atoms with Crippen LogP contribution < -0.4 is 4.90 Å². The zero-order valence-corrected chi connectivity index (χ0v) is 16.1. The van der Waals surface area contributed by atoms with Crippen molar-refractivity contribution in [3.63, 3.8) is 0 Å². The van der Waals surface area contributed by atoms with Gasteiger partial charge in [-0.3, -0.25) is 0 Å². The average molecular weight is 373 g/mol. The maximum absolute atomic E-state index is 12.1. The van der Waals surface area contributed by atoms with Gasteiger partial charge in [0, 0.05) is 37.6 Å². The second kappa shape index (κ2) is 9.43. The molecule has 2 heterocycles.